The SMILES string of the molecule is CNc1ccc2c(c1)NCC(=O)N2. The van der Waals surface area contributed by atoms with Crippen molar-refractivity contribution in [3.05, 3.63) is 18.2 Å². The number of fused-ring (bicyclic) bond motifs is 1. The molecule has 0 fully saturated rings. The van der Waals surface area contributed by atoms with Crippen molar-refractivity contribution < 1.29 is 4.79 Å². The molecule has 68 valence electrons. The Morgan fingerprint density at radius 1 is 1.38 bits per heavy atom. The fourth-order valence-electron chi connectivity index (χ4n) is 1.32. The summed E-state index contributed by atoms with van der Waals surface area (Å²) in [7, 11) is 1.86. The Morgan fingerprint density at radius 2 is 2.23 bits per heavy atom. The minimum atomic E-state index is 0.00436. The molecule has 0 spiro atoms. The van der Waals surface area contributed by atoms with E-state index in [9.17, 15) is 4.79 Å². The largest absolute Gasteiger partial charge is 0.388 e. The number of benzene rings is 1. The molecule has 0 saturated carbocycles. The molecule has 0 atom stereocenters. The zero-order chi connectivity index (χ0) is 9.26. The Morgan fingerprint density at radius 3 is 3.00 bits per heavy atom. The lowest BCUT2D eigenvalue weighted by molar-refractivity contribution is -0.114. The number of nitrogens with one attached hydrogen (secondary N) is 3. The van der Waals surface area contributed by atoms with Crippen LogP contribution in [0.2, 0.25) is 0 Å². The van der Waals surface area contributed by atoms with Crippen LogP contribution in [0.25, 0.3) is 0 Å². The first kappa shape index (κ1) is 7.91. The lowest BCUT2D eigenvalue weighted by Crippen LogP contribution is -2.27. The van der Waals surface area contributed by atoms with Gasteiger partial charge in [0.25, 0.3) is 0 Å². The molecule has 0 bridgehead atoms. The fourth-order valence-corrected chi connectivity index (χ4v) is 1.32. The summed E-state index contributed by atoms with van der Waals surface area (Å²) in [5.41, 5.74) is 2.84. The quantitative estimate of drug-likeness (QED) is 0.602. The summed E-state index contributed by atoms with van der Waals surface area (Å²) in [4.78, 5) is 11.0. The predicted molar refractivity (Wildman–Crippen MR) is 53.1 cm³/mol. The summed E-state index contributed by atoms with van der Waals surface area (Å²) < 4.78 is 0. The molecule has 1 aromatic rings. The molecule has 1 aromatic carbocycles. The topological polar surface area (TPSA) is 53.2 Å². The maximum Gasteiger partial charge on any atom is 0.243 e. The van der Waals surface area contributed by atoms with Gasteiger partial charge in [0.05, 0.1) is 17.9 Å². The van der Waals surface area contributed by atoms with Gasteiger partial charge in [-0.25, -0.2) is 0 Å². The first-order valence-corrected chi connectivity index (χ1v) is 4.15. The molecule has 4 heteroatoms. The van der Waals surface area contributed by atoms with E-state index >= 15 is 0 Å². The van der Waals surface area contributed by atoms with E-state index in [1.165, 1.54) is 0 Å². The van der Waals surface area contributed by atoms with Gasteiger partial charge in [-0.05, 0) is 18.2 Å². The Bertz CT molecular complexity index is 349. The molecule has 0 aliphatic carbocycles. The summed E-state index contributed by atoms with van der Waals surface area (Å²) in [5, 5.41) is 8.85. The molecule has 3 N–H and O–H groups in total. The number of hydrogen-bond acceptors (Lipinski definition) is 3. The van der Waals surface area contributed by atoms with Crippen LogP contribution in [0.3, 0.4) is 0 Å². The smallest absolute Gasteiger partial charge is 0.243 e. The molecular weight excluding hydrogens is 166 g/mol. The highest BCUT2D eigenvalue weighted by atomic mass is 16.2. The van der Waals surface area contributed by atoms with Gasteiger partial charge in [-0.15, -0.1) is 0 Å². The van der Waals surface area contributed by atoms with Gasteiger partial charge in [0.2, 0.25) is 5.91 Å². The van der Waals surface area contributed by atoms with Gasteiger partial charge in [-0.3, -0.25) is 4.79 Å². The van der Waals surface area contributed by atoms with Crippen LogP contribution in [-0.2, 0) is 4.79 Å². The molecule has 1 heterocycles. The van der Waals surface area contributed by atoms with Crippen LogP contribution in [0, 0.1) is 0 Å². The molecular formula is C9H11N3O. The second-order valence-corrected chi connectivity index (χ2v) is 2.91. The molecule has 2 rings (SSSR count). The van der Waals surface area contributed by atoms with E-state index in [1.807, 2.05) is 25.2 Å². The van der Waals surface area contributed by atoms with E-state index in [2.05, 4.69) is 16.0 Å². The van der Waals surface area contributed by atoms with Crippen LogP contribution in [0.15, 0.2) is 18.2 Å². The van der Waals surface area contributed by atoms with Crippen molar-refractivity contribution >= 4 is 23.0 Å². The van der Waals surface area contributed by atoms with Crippen molar-refractivity contribution in [3.63, 3.8) is 0 Å². The van der Waals surface area contributed by atoms with Crippen LogP contribution in [0.5, 0.6) is 0 Å². The molecule has 0 radical (unpaired) electrons. The molecule has 4 nitrogen and oxygen atoms in total. The molecule has 1 amide bonds. The van der Waals surface area contributed by atoms with Crippen LogP contribution in [0.1, 0.15) is 0 Å². The minimum absolute atomic E-state index is 0.00436. The predicted octanol–water partition coefficient (Wildman–Crippen LogP) is 1.09. The third-order valence-electron chi connectivity index (χ3n) is 2.02. The van der Waals surface area contributed by atoms with Crippen molar-refractivity contribution in [1.29, 1.82) is 0 Å². The maximum absolute atomic E-state index is 11.0. The number of carbonyl (C=O) groups is 1. The Hall–Kier alpha value is -1.71. The number of hydrogen-bond donors (Lipinski definition) is 3. The van der Waals surface area contributed by atoms with E-state index in [4.69, 9.17) is 0 Å². The standard InChI is InChI=1S/C9H11N3O/c1-10-6-2-3-7-8(4-6)11-5-9(13)12-7/h2-4,10-11H,5H2,1H3,(H,12,13). The van der Waals surface area contributed by atoms with Gasteiger partial charge < -0.3 is 16.0 Å². The van der Waals surface area contributed by atoms with Crippen molar-refractivity contribution in [2.24, 2.45) is 0 Å². The molecule has 0 aromatic heterocycles. The third kappa shape index (κ3) is 1.42. The number of amides is 1. The first-order chi connectivity index (χ1) is 6.29. The Kier molecular flexibility index (Phi) is 1.81. The highest BCUT2D eigenvalue weighted by molar-refractivity contribution is 6.01. The highest BCUT2D eigenvalue weighted by Gasteiger charge is 2.13. The van der Waals surface area contributed by atoms with Crippen LogP contribution >= 0.6 is 0 Å². The lowest BCUT2D eigenvalue weighted by Gasteiger charge is -2.19. The van der Waals surface area contributed by atoms with Gasteiger partial charge in [-0.2, -0.15) is 0 Å². The van der Waals surface area contributed by atoms with E-state index in [0.29, 0.717) is 6.54 Å². The summed E-state index contributed by atoms with van der Waals surface area (Å²) in [6.45, 7) is 0.347. The molecule has 13 heavy (non-hydrogen) atoms. The zero-order valence-electron chi connectivity index (χ0n) is 7.35. The minimum Gasteiger partial charge on any atom is -0.388 e. The number of carbonyl (C=O) groups excluding carboxylic acids is 1. The fraction of sp³-hybridized carbons (Fsp3) is 0.222. The first-order valence-electron chi connectivity index (χ1n) is 4.15. The molecule has 1 aliphatic rings. The van der Waals surface area contributed by atoms with Crippen molar-refractivity contribution in [1.82, 2.24) is 0 Å². The van der Waals surface area contributed by atoms with Crippen molar-refractivity contribution in [2.75, 3.05) is 29.5 Å². The van der Waals surface area contributed by atoms with E-state index < -0.39 is 0 Å². The number of rotatable bonds is 1. The van der Waals surface area contributed by atoms with Crippen molar-refractivity contribution in [3.8, 4) is 0 Å². The monoisotopic (exact) mass is 177 g/mol. The second-order valence-electron chi connectivity index (χ2n) is 2.91. The summed E-state index contributed by atoms with van der Waals surface area (Å²) >= 11 is 0. The second kappa shape index (κ2) is 2.97. The molecule has 1 aliphatic heterocycles. The van der Waals surface area contributed by atoms with E-state index in [0.717, 1.165) is 17.1 Å². The summed E-state index contributed by atoms with van der Waals surface area (Å²) in [6, 6.07) is 5.77. The Balaban J connectivity index is 2.36. The van der Waals surface area contributed by atoms with E-state index in [-0.39, 0.29) is 5.91 Å². The normalized spacial score (nSPS) is 14.1. The van der Waals surface area contributed by atoms with E-state index in [1.54, 1.807) is 0 Å². The highest BCUT2D eigenvalue weighted by Crippen LogP contribution is 2.27. The average Bonchev–Trinajstić information content (AvgIpc) is 2.17. The van der Waals surface area contributed by atoms with Gasteiger partial charge in [-0.1, -0.05) is 0 Å². The maximum atomic E-state index is 11.0. The van der Waals surface area contributed by atoms with Gasteiger partial charge in [0, 0.05) is 12.7 Å². The zero-order valence-corrected chi connectivity index (χ0v) is 7.35. The Labute approximate surface area is 76.3 Å². The molecule has 0 unspecified atom stereocenters. The number of anilines is 3. The summed E-state index contributed by atoms with van der Waals surface area (Å²) in [6.07, 6.45) is 0. The van der Waals surface area contributed by atoms with Crippen LogP contribution in [0.4, 0.5) is 17.1 Å². The van der Waals surface area contributed by atoms with Crippen LogP contribution in [-0.4, -0.2) is 19.5 Å². The third-order valence-corrected chi connectivity index (χ3v) is 2.02. The van der Waals surface area contributed by atoms with Gasteiger partial charge >= 0.3 is 0 Å². The van der Waals surface area contributed by atoms with Gasteiger partial charge in [0.15, 0.2) is 0 Å². The average molecular weight is 177 g/mol. The van der Waals surface area contributed by atoms with Crippen molar-refractivity contribution in [2.45, 2.75) is 0 Å². The van der Waals surface area contributed by atoms with Gasteiger partial charge in [0.1, 0.15) is 0 Å². The lowest BCUT2D eigenvalue weighted by atomic mass is 10.2. The van der Waals surface area contributed by atoms with Crippen LogP contribution < -0.4 is 16.0 Å². The molecule has 0 saturated heterocycles. The summed E-state index contributed by atoms with van der Waals surface area (Å²) in [5.74, 6) is 0.00436.